The maximum atomic E-state index is 13.2. The van der Waals surface area contributed by atoms with E-state index in [1.54, 1.807) is 72.0 Å². The third-order valence-corrected chi connectivity index (χ3v) is 396. The average molecular weight is 2660 g/mol. The lowest BCUT2D eigenvalue weighted by Gasteiger charge is -2.59. The number of hydrogen-bond acceptors (Lipinski definition) is 15. The van der Waals surface area contributed by atoms with Gasteiger partial charge in [-0.1, -0.05) is 75.0 Å². The number of benzene rings is 4. The van der Waals surface area contributed by atoms with Crippen LogP contribution in [0.4, 0.5) is 44.2 Å². The maximum Gasteiger partial charge on any atom is 0.425 e. The molecule has 8 aromatic rings. The van der Waals surface area contributed by atoms with E-state index in [-0.39, 0.29) is 212 Å². The Bertz CT molecular complexity index is 4460. The monoisotopic (exact) mass is 2660 g/mol. The van der Waals surface area contributed by atoms with Crippen LogP contribution in [0.2, 0.25) is 0 Å². The summed E-state index contributed by atoms with van der Waals surface area (Å²) in [5.41, 5.74) is 10.3. The number of aryl methyl sites for hydroxylation is 2. The molecule has 0 spiro atoms. The van der Waals surface area contributed by atoms with Gasteiger partial charge in [0.05, 0.1) is 0 Å². The van der Waals surface area contributed by atoms with Crippen LogP contribution in [0.25, 0.3) is 44.1 Å². The van der Waals surface area contributed by atoms with Crippen LogP contribution in [0.3, 0.4) is 0 Å². The van der Waals surface area contributed by atoms with Gasteiger partial charge in [0.15, 0.2) is 29.0 Å². The molecule has 0 saturated heterocycles. The van der Waals surface area contributed by atoms with Gasteiger partial charge >= 0.3 is 12.2 Å². The molecule has 8 rings (SSSR count). The highest BCUT2D eigenvalue weighted by atomic mass is 33.6. The van der Waals surface area contributed by atoms with Crippen molar-refractivity contribution in [3.05, 3.63) is 133 Å². The Morgan fingerprint density at radius 1 is 0.385 bits per heavy atom. The number of carbonyl (C=O) groups is 2. The number of hydrogen-bond donors (Lipinski definition) is 5. The minimum atomic E-state index is -0.904. The fourth-order valence-corrected chi connectivity index (χ4v) is 794. The normalized spacial score (nSPS) is 13.4. The summed E-state index contributed by atoms with van der Waals surface area (Å²) in [5, 5.41) is 30.8. The maximum absolute atomic E-state index is 13.2. The number of carbonyl (C=O) groups excluding carboxylic acids is 2. The Kier molecular flexibility index (Phi) is 65.7. The van der Waals surface area contributed by atoms with E-state index in [9.17, 15) is 19.8 Å². The van der Waals surface area contributed by atoms with Crippen LogP contribution in [-0.2, 0) is 9.47 Å². The van der Waals surface area contributed by atoms with Gasteiger partial charge in [-0.2, -0.15) is 4.90 Å². The highest BCUT2D eigenvalue weighted by Crippen LogP contribution is 3.47. The largest absolute Gasteiger partial charge is 0.503 e. The van der Waals surface area contributed by atoms with Gasteiger partial charge in [0.1, 0.15) is 41.1 Å². The number of rotatable bonds is 33. The number of aromatic hydroxyl groups is 2. The Morgan fingerprint density at radius 3 is 0.959 bits per heavy atom. The summed E-state index contributed by atoms with van der Waals surface area (Å²) in [6.45, 7) is 9.37. The fraction of sp³-hybridized carbons (Fsp3) is 0.216. The van der Waals surface area contributed by atoms with E-state index in [1.807, 2.05) is 86.6 Å². The molecule has 0 radical (unpaired) electrons. The lowest BCUT2D eigenvalue weighted by molar-refractivity contribution is 0.0429. The van der Waals surface area contributed by atoms with Gasteiger partial charge in [-0.05, 0) is 296 Å². The summed E-state index contributed by atoms with van der Waals surface area (Å²) in [5.74, 6) is 1.04. The van der Waals surface area contributed by atoms with Crippen molar-refractivity contribution in [2.24, 2.45) is 0 Å². The highest BCUT2D eigenvalue weighted by molar-refractivity contribution is 9.53. The molecule has 0 aliphatic rings. The first kappa shape index (κ1) is 128. The molecule has 4 heterocycles. The van der Waals surface area contributed by atoms with Gasteiger partial charge < -0.3 is 36.1 Å². The number of ether oxygens (including phenoxy) is 2. The first-order valence-corrected chi connectivity index (χ1v) is 133. The summed E-state index contributed by atoms with van der Waals surface area (Å²) >= 11 is 0. The number of fused-ring (bicyclic) bond motifs is 2. The van der Waals surface area contributed by atoms with Crippen LogP contribution in [-0.4, -0.2) is 63.5 Å². The van der Waals surface area contributed by atoms with E-state index in [4.69, 9.17) is 15.2 Å². The molecular weight excluding hydrogens is 2550 g/mol. The van der Waals surface area contributed by atoms with Crippen molar-refractivity contribution in [1.82, 2.24) is 29.9 Å². The van der Waals surface area contributed by atoms with E-state index >= 15 is 0 Å². The number of imide groups is 1. The zero-order valence-corrected chi connectivity index (χ0v) is 123. The third-order valence-electron chi connectivity index (χ3n) is 14.5. The lowest BCUT2D eigenvalue weighted by atomic mass is 10.1. The van der Waals surface area contributed by atoms with Crippen molar-refractivity contribution < 1.29 is 29.3 Å². The predicted molar refractivity (Wildman–Crippen MR) is 724 cm³/mol. The molecule has 16 nitrogen and oxygen atoms in total. The smallest absolute Gasteiger partial charge is 0.425 e. The van der Waals surface area contributed by atoms with Crippen molar-refractivity contribution in [2.75, 3.05) is 21.3 Å². The van der Waals surface area contributed by atoms with Crippen LogP contribution >= 0.6 is 440 Å². The van der Waals surface area contributed by atoms with E-state index in [1.165, 1.54) is 18.9 Å². The Hall–Kier alpha value is 15.2. The van der Waals surface area contributed by atoms with Gasteiger partial charge in [-0.15, -0.1) is 250 Å². The number of nitrogens with two attached hydrogens (primary N) is 1. The minimum absolute atomic E-state index is 0. The van der Waals surface area contributed by atoms with Gasteiger partial charge in [0.25, 0.3) is 0 Å². The van der Waals surface area contributed by atoms with Crippen molar-refractivity contribution in [1.29, 1.82) is 0 Å². The molecule has 676 valence electrons. The summed E-state index contributed by atoms with van der Waals surface area (Å²) in [4.78, 5) is 52.3. The molecule has 71 heteroatoms. The van der Waals surface area contributed by atoms with Gasteiger partial charge in [0.2, 0.25) is 0 Å². The van der Waals surface area contributed by atoms with Crippen LogP contribution in [0.5, 0.6) is 11.5 Å². The van der Waals surface area contributed by atoms with Crippen molar-refractivity contribution in [3.63, 3.8) is 0 Å². The summed E-state index contributed by atoms with van der Waals surface area (Å²) in [6, 6.07) is 30.0. The molecule has 0 aliphatic heterocycles. The molecule has 6 N–H and O–H groups in total. The predicted octanol–water partition coefficient (Wildman–Crippen LogP) is 43.9. The molecule has 0 aliphatic carbocycles. The zero-order valence-electron chi connectivity index (χ0n) is 66.1. The van der Waals surface area contributed by atoms with Crippen molar-refractivity contribution >= 4 is 508 Å². The molecule has 4 aromatic carbocycles. The molecule has 0 saturated carbocycles. The van der Waals surface area contributed by atoms with Gasteiger partial charge in [0, 0.05) is 45.7 Å². The van der Waals surface area contributed by atoms with Crippen molar-refractivity contribution in [2.45, 2.75) is 74.0 Å². The quantitative estimate of drug-likeness (QED) is 0.0241. The first-order valence-electron chi connectivity index (χ1n) is 33.4. The molecule has 2 amide bonds. The second-order valence-electron chi connectivity index (χ2n) is 26.0. The average Bonchev–Trinajstić information content (AvgIpc) is 0.727. The second kappa shape index (κ2) is 62.8. The van der Waals surface area contributed by atoms with Crippen LogP contribution in [0.1, 0.15) is 60.1 Å². The van der Waals surface area contributed by atoms with Crippen LogP contribution in [0, 0.1) is 13.8 Å². The molecule has 4 aromatic heterocycles. The standard InChI is InChI=1S/C30H33N5O5.C20H17N5O.CH4.H57P55/c1-18-8-10-19(11-9-18)23-24(36)25(33-17-32-23)34-21-12-13-22-20(16-21)14-15-31-26(22)35(27(37)39-29(2,3)4)28(38)40-30(5,6)7;1-12-2-4-13(5-3-12)17-18(26)20(24-11-23-17)25-15-6-7-16-14(10-15)8-9-22-19(16)21;;1-29-43(28)50(42(26)27)54(51(44(30(2)3)31(4)5)45(32(6)7)33(8)9)55(52(46(34(10)11)35(12)13)47(36(14)15)37(16)17)53(48(38(18)19)39(20)21)49(40(22)23)41(24)25/h8-17,36H,1-7H3,(H,32,33,34);2-11,26H,1H3,(H2,21,22)(H,23,24,25);1H4;29H,1-28H2. The Labute approximate surface area is 820 Å². The van der Waals surface area contributed by atoms with Gasteiger partial charge in [-0.25, -0.2) is 39.5 Å². The Balaban J connectivity index is 0.000000343. The summed E-state index contributed by atoms with van der Waals surface area (Å²) in [7, 11) is 99.5. The lowest BCUT2D eigenvalue weighted by Crippen LogP contribution is -2.44. The van der Waals surface area contributed by atoms with E-state index in [0.29, 0.717) is 39.5 Å². The number of nitrogens with zero attached hydrogens (tertiary/aromatic N) is 7. The minimum Gasteiger partial charge on any atom is -0.503 e. The number of nitrogen functional groups attached to an aromatic ring is 1. The van der Waals surface area contributed by atoms with Crippen molar-refractivity contribution in [3.8, 4) is 34.0 Å². The Morgan fingerprint density at radius 2 is 0.664 bits per heavy atom. The number of pyridine rings is 2. The van der Waals surface area contributed by atoms with Crippen LogP contribution in [0.15, 0.2) is 122 Å². The van der Waals surface area contributed by atoms with E-state index in [2.05, 4.69) is 291 Å². The zero-order chi connectivity index (χ0) is 91.1. The van der Waals surface area contributed by atoms with E-state index in [0.717, 1.165) is 51.6 Å². The molecular formula is C51H111N10O6P55. The molecule has 32 atom stereocenters. The number of nitrogens with one attached hydrogen (secondary N) is 2. The summed E-state index contributed by atoms with van der Waals surface area (Å²) < 4.78 is 11.0. The third kappa shape index (κ3) is 39.2. The molecule has 0 fully saturated rings. The number of amides is 2. The topological polar surface area (TPSA) is 224 Å². The molecule has 32 unspecified atom stereocenters. The highest BCUT2D eigenvalue weighted by Gasteiger charge is 2.60. The summed E-state index contributed by atoms with van der Waals surface area (Å²) in [6.07, 6.45) is 4.15. The number of aromatic nitrogens is 6. The van der Waals surface area contributed by atoms with Gasteiger partial charge in [-0.3, -0.25) is 0 Å². The first-order chi connectivity index (χ1) is 56.4. The SMILES string of the molecule is C.Cc1ccc(-c2ncnc(Nc3ccc4c(N(C(=O)OC(C)(C)C)C(=O)OC(C)(C)C)nccc4c3)c2O)cc1.Cc1ccc(-c2ncnc(Nc3ccc4c(N)nccc4c3)c2O)cc1.PPP(P)P(P(P)P)P(P(P(P(P)P)P(P)P)P(P(P)P)P(P)P)P(P(P(P(P)P)P(P)P)P(P(P)P)P(P)P)P(P(P(P)P)P(P)P)P(P(P)P)P(P)P. The second-order valence-corrected chi connectivity index (χ2v) is 250. The van der Waals surface area contributed by atoms with E-state index < -0.39 is 23.4 Å². The molecule has 122 heavy (non-hydrogen) atoms. The van der Waals surface area contributed by atoms with Crippen LogP contribution < -0.4 is 21.3 Å². The molecule has 0 bridgehead atoms. The fourth-order valence-electron chi connectivity index (χ4n) is 9.86. The number of anilines is 6.